The summed E-state index contributed by atoms with van der Waals surface area (Å²) in [5.74, 6) is 0.613. The lowest BCUT2D eigenvalue weighted by atomic mass is 9.90. The van der Waals surface area contributed by atoms with E-state index in [1.165, 1.54) is 46.0 Å². The standard InChI is InChI=1S/C19H17N3O5S/c1-11-2-7-15-13(8-11)9-16(28-15)19(23)26-10-17-20-21-18(27-17)12-3-5-14(6-4-12)22(24)25/h3-6,9,11H,2,7-8,10H2,1H3/t11-/m0/s1. The number of hydrogen-bond acceptors (Lipinski definition) is 8. The van der Waals surface area contributed by atoms with Crippen molar-refractivity contribution >= 4 is 23.0 Å². The largest absolute Gasteiger partial charge is 0.451 e. The molecule has 1 aliphatic rings. The number of carbonyl (C=O) groups is 1. The van der Waals surface area contributed by atoms with E-state index in [-0.39, 0.29) is 24.1 Å². The third-order valence-corrected chi connectivity index (χ3v) is 5.87. The summed E-state index contributed by atoms with van der Waals surface area (Å²) in [5.41, 5.74) is 1.77. The number of fused-ring (bicyclic) bond motifs is 1. The number of aromatic nitrogens is 2. The SMILES string of the molecule is C[C@H]1CCc2sc(C(=O)OCc3nnc(-c4ccc([N+](=O)[O-])cc4)o3)cc2C1. The van der Waals surface area contributed by atoms with E-state index in [0.717, 1.165) is 19.3 Å². The molecule has 1 aliphatic carbocycles. The predicted octanol–water partition coefficient (Wildman–Crippen LogP) is 4.19. The van der Waals surface area contributed by atoms with Crippen LogP contribution in [0.15, 0.2) is 34.7 Å². The zero-order valence-corrected chi connectivity index (χ0v) is 15.9. The highest BCUT2D eigenvalue weighted by atomic mass is 32.1. The number of thiophene rings is 1. The molecule has 2 aromatic heterocycles. The highest BCUT2D eigenvalue weighted by Crippen LogP contribution is 2.32. The molecule has 2 heterocycles. The fourth-order valence-electron chi connectivity index (χ4n) is 3.16. The fourth-order valence-corrected chi connectivity index (χ4v) is 4.26. The number of non-ortho nitro benzene ring substituents is 1. The highest BCUT2D eigenvalue weighted by molar-refractivity contribution is 7.14. The third-order valence-electron chi connectivity index (χ3n) is 4.65. The van der Waals surface area contributed by atoms with Crippen LogP contribution in [0.25, 0.3) is 11.5 Å². The van der Waals surface area contributed by atoms with E-state index in [9.17, 15) is 14.9 Å². The lowest BCUT2D eigenvalue weighted by Crippen LogP contribution is -2.08. The zero-order chi connectivity index (χ0) is 19.7. The second-order valence-electron chi connectivity index (χ2n) is 6.79. The van der Waals surface area contributed by atoms with E-state index >= 15 is 0 Å². The molecule has 0 saturated carbocycles. The van der Waals surface area contributed by atoms with E-state index in [2.05, 4.69) is 17.1 Å². The first-order chi connectivity index (χ1) is 13.5. The molecule has 0 radical (unpaired) electrons. The van der Waals surface area contributed by atoms with Crippen LogP contribution in [0.2, 0.25) is 0 Å². The van der Waals surface area contributed by atoms with Crippen molar-refractivity contribution in [3.05, 3.63) is 61.7 Å². The van der Waals surface area contributed by atoms with Crippen molar-refractivity contribution in [3.63, 3.8) is 0 Å². The van der Waals surface area contributed by atoms with Gasteiger partial charge in [0.1, 0.15) is 4.88 Å². The summed E-state index contributed by atoms with van der Waals surface area (Å²) in [7, 11) is 0. The first-order valence-corrected chi connectivity index (χ1v) is 9.67. The Bertz CT molecular complexity index is 1020. The van der Waals surface area contributed by atoms with E-state index in [1.807, 2.05) is 6.07 Å². The minimum absolute atomic E-state index is 0.0227. The number of aryl methyl sites for hydroxylation is 1. The molecule has 9 heteroatoms. The maximum atomic E-state index is 12.3. The van der Waals surface area contributed by atoms with Crippen LogP contribution in [0.4, 0.5) is 5.69 Å². The van der Waals surface area contributed by atoms with Gasteiger partial charge in [-0.3, -0.25) is 10.1 Å². The van der Waals surface area contributed by atoms with Crippen molar-refractivity contribution in [2.75, 3.05) is 0 Å². The summed E-state index contributed by atoms with van der Waals surface area (Å²) in [4.78, 5) is 24.4. The van der Waals surface area contributed by atoms with Crippen molar-refractivity contribution in [1.29, 1.82) is 0 Å². The normalized spacial score (nSPS) is 15.8. The molecule has 8 nitrogen and oxygen atoms in total. The van der Waals surface area contributed by atoms with Crippen LogP contribution in [-0.2, 0) is 24.2 Å². The minimum atomic E-state index is -0.481. The molecule has 1 atom stereocenters. The van der Waals surface area contributed by atoms with Crippen LogP contribution in [0.1, 0.15) is 39.3 Å². The Kier molecular flexibility index (Phi) is 4.91. The van der Waals surface area contributed by atoms with Gasteiger partial charge in [-0.1, -0.05) is 6.92 Å². The summed E-state index contributed by atoms with van der Waals surface area (Å²) >= 11 is 1.49. The molecule has 0 aliphatic heterocycles. The number of carbonyl (C=O) groups excluding carboxylic acids is 1. The molecule has 144 valence electrons. The number of esters is 1. The van der Waals surface area contributed by atoms with Gasteiger partial charge in [-0.2, -0.15) is 0 Å². The molecule has 28 heavy (non-hydrogen) atoms. The van der Waals surface area contributed by atoms with Crippen molar-refractivity contribution in [2.24, 2.45) is 5.92 Å². The molecule has 0 spiro atoms. The Hall–Kier alpha value is -3.07. The summed E-state index contributed by atoms with van der Waals surface area (Å²) in [6.45, 7) is 2.09. The molecule has 0 bridgehead atoms. The number of benzene rings is 1. The number of nitro benzene ring substituents is 1. The highest BCUT2D eigenvalue weighted by Gasteiger charge is 2.22. The second-order valence-corrected chi connectivity index (χ2v) is 7.92. The lowest BCUT2D eigenvalue weighted by Gasteiger charge is -2.16. The van der Waals surface area contributed by atoms with Crippen molar-refractivity contribution in [1.82, 2.24) is 10.2 Å². The zero-order valence-electron chi connectivity index (χ0n) is 15.1. The van der Waals surface area contributed by atoms with E-state index < -0.39 is 10.9 Å². The molecule has 0 amide bonds. The molecule has 3 aromatic rings. The van der Waals surface area contributed by atoms with Crippen LogP contribution in [0.3, 0.4) is 0 Å². The van der Waals surface area contributed by atoms with Gasteiger partial charge in [0.25, 0.3) is 11.6 Å². The Morgan fingerprint density at radius 2 is 2.14 bits per heavy atom. The van der Waals surface area contributed by atoms with Crippen LogP contribution in [-0.4, -0.2) is 21.1 Å². The third kappa shape index (κ3) is 3.79. The molecule has 1 aromatic carbocycles. The van der Waals surface area contributed by atoms with Crippen LogP contribution in [0.5, 0.6) is 0 Å². The van der Waals surface area contributed by atoms with E-state index in [0.29, 0.717) is 16.4 Å². The number of rotatable bonds is 5. The number of hydrogen-bond donors (Lipinski definition) is 0. The molecule has 4 rings (SSSR count). The Labute approximate surface area is 164 Å². The maximum Gasteiger partial charge on any atom is 0.348 e. The van der Waals surface area contributed by atoms with Gasteiger partial charge in [-0.25, -0.2) is 4.79 Å². The fraction of sp³-hybridized carbons (Fsp3) is 0.316. The van der Waals surface area contributed by atoms with Gasteiger partial charge in [0, 0.05) is 22.6 Å². The predicted molar refractivity (Wildman–Crippen MR) is 101 cm³/mol. The monoisotopic (exact) mass is 399 g/mol. The Balaban J connectivity index is 1.39. The number of nitrogens with zero attached hydrogens (tertiary/aromatic N) is 3. The van der Waals surface area contributed by atoms with E-state index in [4.69, 9.17) is 9.15 Å². The van der Waals surface area contributed by atoms with Crippen LogP contribution < -0.4 is 0 Å². The average Bonchev–Trinajstić information content (AvgIpc) is 3.33. The smallest absolute Gasteiger partial charge is 0.348 e. The van der Waals surface area contributed by atoms with Gasteiger partial charge in [0.15, 0.2) is 6.61 Å². The lowest BCUT2D eigenvalue weighted by molar-refractivity contribution is -0.384. The van der Waals surface area contributed by atoms with Crippen molar-refractivity contribution < 1.29 is 18.9 Å². The van der Waals surface area contributed by atoms with Crippen molar-refractivity contribution in [2.45, 2.75) is 32.8 Å². The van der Waals surface area contributed by atoms with Gasteiger partial charge >= 0.3 is 5.97 Å². The van der Waals surface area contributed by atoms with Gasteiger partial charge in [0.05, 0.1) is 4.92 Å². The first-order valence-electron chi connectivity index (χ1n) is 8.85. The second kappa shape index (κ2) is 7.51. The van der Waals surface area contributed by atoms with Gasteiger partial charge < -0.3 is 9.15 Å². The maximum absolute atomic E-state index is 12.3. The Morgan fingerprint density at radius 3 is 2.89 bits per heavy atom. The molecule has 0 saturated heterocycles. The quantitative estimate of drug-likeness (QED) is 0.359. The molecule has 0 unspecified atom stereocenters. The van der Waals surface area contributed by atoms with Gasteiger partial charge in [0.2, 0.25) is 5.89 Å². The molecular formula is C19H17N3O5S. The summed E-state index contributed by atoms with van der Waals surface area (Å²) in [6.07, 6.45) is 3.16. The molecule has 0 N–H and O–H groups in total. The first kappa shape index (κ1) is 18.3. The Morgan fingerprint density at radius 1 is 1.36 bits per heavy atom. The topological polar surface area (TPSA) is 108 Å². The van der Waals surface area contributed by atoms with Crippen molar-refractivity contribution in [3.8, 4) is 11.5 Å². The minimum Gasteiger partial charge on any atom is -0.451 e. The van der Waals surface area contributed by atoms with Gasteiger partial charge in [-0.15, -0.1) is 21.5 Å². The van der Waals surface area contributed by atoms with E-state index in [1.54, 1.807) is 0 Å². The average molecular weight is 399 g/mol. The molecule has 0 fully saturated rings. The number of ether oxygens (including phenoxy) is 1. The summed E-state index contributed by atoms with van der Waals surface area (Å²) < 4.78 is 10.8. The van der Waals surface area contributed by atoms with Crippen LogP contribution >= 0.6 is 11.3 Å². The van der Waals surface area contributed by atoms with Crippen LogP contribution in [0, 0.1) is 16.0 Å². The molecular weight excluding hydrogens is 382 g/mol. The van der Waals surface area contributed by atoms with Gasteiger partial charge in [-0.05, 0) is 48.9 Å². The summed E-state index contributed by atoms with van der Waals surface area (Å²) in [6, 6.07) is 7.70. The number of nitro groups is 1. The summed E-state index contributed by atoms with van der Waals surface area (Å²) in [5, 5.41) is 18.5.